The fourth-order valence-electron chi connectivity index (χ4n) is 6.69. The van der Waals surface area contributed by atoms with Crippen molar-refractivity contribution in [2.24, 2.45) is 0 Å². The van der Waals surface area contributed by atoms with E-state index in [0.717, 1.165) is 47.7 Å². The average Bonchev–Trinajstić information content (AvgIpc) is 3.33. The summed E-state index contributed by atoms with van der Waals surface area (Å²) in [7, 11) is 0. The quantitative estimate of drug-likeness (QED) is 0.180. The first-order valence-electron chi connectivity index (χ1n) is 15.8. The molecule has 1 aliphatic heterocycles. The van der Waals surface area contributed by atoms with Crippen molar-refractivity contribution in [2.75, 3.05) is 11.4 Å². The average molecular weight is 643 g/mol. The lowest BCUT2D eigenvalue weighted by Crippen LogP contribution is -2.53. The lowest BCUT2D eigenvalue weighted by atomic mass is 9.94. The fourth-order valence-corrected chi connectivity index (χ4v) is 7.20. The van der Waals surface area contributed by atoms with E-state index >= 15 is 0 Å². The molecular formula is C37H37Cl2N3O3. The molecule has 4 aromatic rings. The third-order valence-corrected chi connectivity index (χ3v) is 9.74. The van der Waals surface area contributed by atoms with E-state index in [2.05, 4.69) is 5.32 Å². The van der Waals surface area contributed by atoms with Crippen LogP contribution in [0.15, 0.2) is 84.9 Å². The molecule has 232 valence electrons. The monoisotopic (exact) mass is 641 g/mol. The highest BCUT2D eigenvalue weighted by molar-refractivity contribution is 6.36. The molecule has 0 unspecified atom stereocenters. The van der Waals surface area contributed by atoms with Gasteiger partial charge in [0.05, 0.1) is 5.69 Å². The van der Waals surface area contributed by atoms with E-state index in [1.807, 2.05) is 66.7 Å². The van der Waals surface area contributed by atoms with Gasteiger partial charge in [-0.15, -0.1) is 0 Å². The highest BCUT2D eigenvalue weighted by atomic mass is 35.5. The third kappa shape index (κ3) is 6.87. The minimum atomic E-state index is -0.763. The predicted molar refractivity (Wildman–Crippen MR) is 181 cm³/mol. The Morgan fingerprint density at radius 1 is 0.867 bits per heavy atom. The number of amides is 3. The highest BCUT2D eigenvalue weighted by Crippen LogP contribution is 2.37. The van der Waals surface area contributed by atoms with Gasteiger partial charge in [-0.2, -0.15) is 0 Å². The molecule has 45 heavy (non-hydrogen) atoms. The Balaban J connectivity index is 1.26. The maximum atomic E-state index is 14.2. The van der Waals surface area contributed by atoms with Gasteiger partial charge in [-0.25, -0.2) is 0 Å². The molecule has 2 aliphatic rings. The van der Waals surface area contributed by atoms with E-state index in [0.29, 0.717) is 40.6 Å². The van der Waals surface area contributed by atoms with Crippen LogP contribution < -0.4 is 10.2 Å². The number of carbonyl (C=O) groups is 3. The number of anilines is 1. The summed E-state index contributed by atoms with van der Waals surface area (Å²) in [5.41, 5.74) is 3.12. The minimum absolute atomic E-state index is 0.0530. The SMILES string of the molecule is O=C(NC1CCCCC1)[C@@H](Cc1ccccc1)N(Cc1c(Cl)cccc1Cl)C(=O)CCCN1C(=O)c2cccc3cccc1c23. The number of nitrogens with zero attached hydrogens (tertiary/aromatic N) is 2. The van der Waals surface area contributed by atoms with Crippen LogP contribution in [0, 0.1) is 0 Å². The van der Waals surface area contributed by atoms with Crippen molar-refractivity contribution in [1.82, 2.24) is 10.2 Å². The topological polar surface area (TPSA) is 69.7 Å². The number of hydrogen-bond donors (Lipinski definition) is 1. The molecule has 6 rings (SSSR count). The standard InChI is InChI=1S/C37H37Cl2N3O3/c38-30-18-9-19-31(39)29(30)24-42(33(23-25-11-3-1-4-12-25)36(44)40-27-15-5-2-6-16-27)34(43)21-10-22-41-32-20-8-14-26-13-7-17-28(35(26)32)37(41)45/h1,3-4,7-9,11-14,17-20,27,33H,2,5-6,10,15-16,21-24H2,(H,40,44)/t33-/m1/s1. The van der Waals surface area contributed by atoms with E-state index in [1.165, 1.54) is 6.42 Å². The number of benzene rings is 4. The Hall–Kier alpha value is -3.87. The Morgan fingerprint density at radius 2 is 1.56 bits per heavy atom. The molecule has 0 saturated heterocycles. The van der Waals surface area contributed by atoms with Gasteiger partial charge in [-0.3, -0.25) is 14.4 Å². The molecule has 1 fully saturated rings. The lowest BCUT2D eigenvalue weighted by Gasteiger charge is -2.34. The smallest absolute Gasteiger partial charge is 0.258 e. The highest BCUT2D eigenvalue weighted by Gasteiger charge is 2.34. The molecule has 0 spiro atoms. The van der Waals surface area contributed by atoms with Crippen LogP contribution >= 0.6 is 23.2 Å². The van der Waals surface area contributed by atoms with Gasteiger partial charge in [0.1, 0.15) is 6.04 Å². The summed E-state index contributed by atoms with van der Waals surface area (Å²) in [6.07, 6.45) is 6.16. The van der Waals surface area contributed by atoms with E-state index in [9.17, 15) is 14.4 Å². The zero-order valence-electron chi connectivity index (χ0n) is 25.2. The first-order chi connectivity index (χ1) is 21.9. The van der Waals surface area contributed by atoms with Crippen LogP contribution in [0.5, 0.6) is 0 Å². The number of carbonyl (C=O) groups excluding carboxylic acids is 3. The van der Waals surface area contributed by atoms with Crippen LogP contribution in [0.2, 0.25) is 10.0 Å². The molecule has 0 bridgehead atoms. The Kier molecular flexibility index (Phi) is 9.72. The summed E-state index contributed by atoms with van der Waals surface area (Å²) in [6.45, 7) is 0.483. The first kappa shape index (κ1) is 31.1. The molecule has 3 amide bonds. The number of nitrogens with one attached hydrogen (secondary N) is 1. The summed E-state index contributed by atoms with van der Waals surface area (Å²) >= 11 is 13.2. The summed E-state index contributed by atoms with van der Waals surface area (Å²) < 4.78 is 0. The largest absolute Gasteiger partial charge is 0.352 e. The zero-order chi connectivity index (χ0) is 31.3. The van der Waals surface area contributed by atoms with E-state index in [4.69, 9.17) is 23.2 Å². The van der Waals surface area contributed by atoms with Crippen molar-refractivity contribution in [3.8, 4) is 0 Å². The lowest BCUT2D eigenvalue weighted by molar-refractivity contribution is -0.141. The number of hydrogen-bond acceptors (Lipinski definition) is 3. The van der Waals surface area contributed by atoms with Crippen LogP contribution in [0.25, 0.3) is 10.8 Å². The van der Waals surface area contributed by atoms with Crippen molar-refractivity contribution >= 4 is 57.4 Å². The van der Waals surface area contributed by atoms with Crippen molar-refractivity contribution in [3.05, 3.63) is 112 Å². The second kappa shape index (κ2) is 14.1. The Bertz CT molecular complexity index is 1680. The van der Waals surface area contributed by atoms with Crippen LogP contribution in [0.3, 0.4) is 0 Å². The second-order valence-electron chi connectivity index (χ2n) is 12.0. The van der Waals surface area contributed by atoms with Crippen molar-refractivity contribution in [2.45, 2.75) is 70.0 Å². The van der Waals surface area contributed by atoms with Crippen LogP contribution in [-0.4, -0.2) is 41.2 Å². The van der Waals surface area contributed by atoms with Gasteiger partial charge in [-0.1, -0.05) is 103 Å². The molecular weight excluding hydrogens is 605 g/mol. The van der Waals surface area contributed by atoms with Gasteiger partial charge in [0.2, 0.25) is 11.8 Å². The Labute approximate surface area is 274 Å². The van der Waals surface area contributed by atoms with Gasteiger partial charge in [-0.05, 0) is 54.5 Å². The van der Waals surface area contributed by atoms with Crippen LogP contribution in [-0.2, 0) is 22.6 Å². The van der Waals surface area contributed by atoms with Crippen molar-refractivity contribution in [3.63, 3.8) is 0 Å². The summed E-state index contributed by atoms with van der Waals surface area (Å²) in [5, 5.41) is 6.13. The summed E-state index contributed by atoms with van der Waals surface area (Å²) in [4.78, 5) is 45.0. The third-order valence-electron chi connectivity index (χ3n) is 9.03. The van der Waals surface area contributed by atoms with Crippen LogP contribution in [0.4, 0.5) is 5.69 Å². The molecule has 8 heteroatoms. The molecule has 1 saturated carbocycles. The molecule has 0 aromatic heterocycles. The number of rotatable bonds is 11. The molecule has 1 N–H and O–H groups in total. The first-order valence-corrected chi connectivity index (χ1v) is 16.6. The molecule has 1 heterocycles. The Morgan fingerprint density at radius 3 is 2.29 bits per heavy atom. The van der Waals surface area contributed by atoms with Gasteiger partial charge >= 0.3 is 0 Å². The van der Waals surface area contributed by atoms with Gasteiger partial charge < -0.3 is 15.1 Å². The van der Waals surface area contributed by atoms with E-state index in [-0.39, 0.29) is 36.7 Å². The zero-order valence-corrected chi connectivity index (χ0v) is 26.7. The van der Waals surface area contributed by atoms with Gasteiger partial charge in [0.25, 0.3) is 5.91 Å². The number of halogens is 2. The van der Waals surface area contributed by atoms with E-state index in [1.54, 1.807) is 28.0 Å². The molecule has 0 radical (unpaired) electrons. The molecule has 6 nitrogen and oxygen atoms in total. The fraction of sp³-hybridized carbons (Fsp3) is 0.324. The van der Waals surface area contributed by atoms with E-state index < -0.39 is 6.04 Å². The molecule has 1 aliphatic carbocycles. The minimum Gasteiger partial charge on any atom is -0.352 e. The summed E-state index contributed by atoms with van der Waals surface area (Å²) in [5.74, 6) is -0.407. The normalized spacial score (nSPS) is 15.3. The maximum Gasteiger partial charge on any atom is 0.258 e. The van der Waals surface area contributed by atoms with Crippen molar-refractivity contribution in [1.29, 1.82) is 0 Å². The molecule has 4 aromatic carbocycles. The predicted octanol–water partition coefficient (Wildman–Crippen LogP) is 7.98. The second-order valence-corrected chi connectivity index (χ2v) is 12.8. The van der Waals surface area contributed by atoms with Crippen LogP contribution in [0.1, 0.15) is 66.4 Å². The van der Waals surface area contributed by atoms with Gasteiger partial charge in [0, 0.05) is 58.5 Å². The maximum absolute atomic E-state index is 14.2. The summed E-state index contributed by atoms with van der Waals surface area (Å²) in [6, 6.07) is 26.0. The molecule has 1 atom stereocenters. The van der Waals surface area contributed by atoms with Crippen molar-refractivity contribution < 1.29 is 14.4 Å². The van der Waals surface area contributed by atoms with Gasteiger partial charge in [0.15, 0.2) is 0 Å².